The second kappa shape index (κ2) is 10.5. The van der Waals surface area contributed by atoms with E-state index in [2.05, 4.69) is 22.5 Å². The molecule has 0 aromatic heterocycles. The van der Waals surface area contributed by atoms with Gasteiger partial charge < -0.3 is 25.0 Å². The summed E-state index contributed by atoms with van der Waals surface area (Å²) in [5, 5.41) is 5.80. The first-order valence-corrected chi connectivity index (χ1v) is 11.6. The number of para-hydroxylation sites is 1. The molecule has 2 N–H and O–H groups in total. The Morgan fingerprint density at radius 3 is 2.94 bits per heavy atom. The van der Waals surface area contributed by atoms with Crippen molar-refractivity contribution >= 4 is 23.6 Å². The predicted octanol–water partition coefficient (Wildman–Crippen LogP) is 4.06. The lowest BCUT2D eigenvalue weighted by molar-refractivity contribution is -0.115. The predicted molar refractivity (Wildman–Crippen MR) is 129 cm³/mol. The summed E-state index contributed by atoms with van der Waals surface area (Å²) in [5.41, 5.74) is 1.71. The van der Waals surface area contributed by atoms with Gasteiger partial charge in [-0.1, -0.05) is 24.6 Å². The molecule has 2 aromatic rings. The Kier molecular flexibility index (Phi) is 7.29. The van der Waals surface area contributed by atoms with E-state index < -0.39 is 0 Å². The largest absolute Gasteiger partial charge is 0.496 e. The van der Waals surface area contributed by atoms with Crippen molar-refractivity contribution in [2.24, 2.45) is 0 Å². The Hall–Kier alpha value is -3.32. The van der Waals surface area contributed by atoms with Crippen LogP contribution in [-0.2, 0) is 4.79 Å². The minimum Gasteiger partial charge on any atom is -0.496 e. The summed E-state index contributed by atoms with van der Waals surface area (Å²) in [6.45, 7) is 5.04. The fourth-order valence-corrected chi connectivity index (χ4v) is 4.30. The monoisotopic (exact) mass is 449 g/mol. The molecular weight excluding hydrogens is 418 g/mol. The molecule has 0 bridgehead atoms. The van der Waals surface area contributed by atoms with Gasteiger partial charge in [0, 0.05) is 30.3 Å². The van der Waals surface area contributed by atoms with E-state index in [0.29, 0.717) is 35.3 Å². The fourth-order valence-electron chi connectivity index (χ4n) is 4.30. The number of carbonyl (C=O) groups is 2. The summed E-state index contributed by atoms with van der Waals surface area (Å²) < 4.78 is 11.1. The van der Waals surface area contributed by atoms with E-state index >= 15 is 0 Å². The van der Waals surface area contributed by atoms with Crippen molar-refractivity contribution in [2.45, 2.75) is 38.6 Å². The van der Waals surface area contributed by atoms with Crippen molar-refractivity contribution in [3.8, 4) is 11.5 Å². The molecule has 0 radical (unpaired) electrons. The van der Waals surface area contributed by atoms with Crippen LogP contribution in [0.15, 0.2) is 48.2 Å². The van der Waals surface area contributed by atoms with Gasteiger partial charge >= 0.3 is 0 Å². The zero-order chi connectivity index (χ0) is 23.2. The zero-order valence-corrected chi connectivity index (χ0v) is 19.2. The molecule has 174 valence electrons. The van der Waals surface area contributed by atoms with Crippen LogP contribution in [0.3, 0.4) is 0 Å². The number of hydrogen-bond donors (Lipinski definition) is 2. The molecular formula is C26H31N3O4. The Labute approximate surface area is 194 Å². The van der Waals surface area contributed by atoms with Crippen LogP contribution in [0.1, 0.15) is 48.5 Å². The lowest BCUT2D eigenvalue weighted by Gasteiger charge is -2.33. The minimum atomic E-state index is -0.374. The van der Waals surface area contributed by atoms with Crippen LogP contribution in [0.4, 0.5) is 5.69 Å². The van der Waals surface area contributed by atoms with E-state index in [4.69, 9.17) is 9.47 Å². The highest BCUT2D eigenvalue weighted by Gasteiger charge is 2.24. The molecule has 0 saturated carbocycles. The fraction of sp³-hybridized carbons (Fsp3) is 0.385. The molecule has 2 aromatic carbocycles. The normalized spacial score (nSPS) is 19.4. The first-order valence-electron chi connectivity index (χ1n) is 11.6. The third-order valence-corrected chi connectivity index (χ3v) is 6.21. The van der Waals surface area contributed by atoms with Gasteiger partial charge in [0.05, 0.1) is 12.8 Å². The van der Waals surface area contributed by atoms with Crippen LogP contribution in [0.2, 0.25) is 0 Å². The SMILES string of the molecule is COc1ccccc1/C=C1\Oc2ccc(C(=O)NCCCN3CCCC[C@H]3C)cc2NC1=O. The molecule has 1 atom stereocenters. The number of likely N-dealkylation sites (tertiary alicyclic amines) is 1. The van der Waals surface area contributed by atoms with Crippen molar-refractivity contribution in [1.29, 1.82) is 0 Å². The molecule has 33 heavy (non-hydrogen) atoms. The van der Waals surface area contributed by atoms with Gasteiger partial charge in [0.25, 0.3) is 11.8 Å². The van der Waals surface area contributed by atoms with Gasteiger partial charge in [-0.3, -0.25) is 9.59 Å². The number of ether oxygens (including phenoxy) is 2. The molecule has 0 spiro atoms. The van der Waals surface area contributed by atoms with E-state index in [1.807, 2.05) is 24.3 Å². The molecule has 2 aliphatic rings. The third-order valence-electron chi connectivity index (χ3n) is 6.21. The van der Waals surface area contributed by atoms with Gasteiger partial charge in [0.1, 0.15) is 5.75 Å². The number of anilines is 1. The van der Waals surface area contributed by atoms with Crippen molar-refractivity contribution < 1.29 is 19.1 Å². The number of amides is 2. The first kappa shape index (κ1) is 22.9. The van der Waals surface area contributed by atoms with Crippen LogP contribution in [0.5, 0.6) is 11.5 Å². The Morgan fingerprint density at radius 1 is 1.27 bits per heavy atom. The quantitative estimate of drug-likeness (QED) is 0.492. The summed E-state index contributed by atoms with van der Waals surface area (Å²) in [4.78, 5) is 27.7. The standard InChI is InChI=1S/C26H31N3O4/c1-18-8-5-6-14-29(18)15-7-13-27-25(30)20-11-12-23-21(16-20)28-26(31)24(33-23)17-19-9-3-4-10-22(19)32-2/h3-4,9-12,16-18H,5-8,13-15H2,1-2H3,(H,27,30)(H,28,31)/b24-17-/t18-/m1/s1. The molecule has 0 aliphatic carbocycles. The number of piperidine rings is 1. The van der Waals surface area contributed by atoms with Gasteiger partial charge in [0.15, 0.2) is 11.5 Å². The molecule has 0 unspecified atom stereocenters. The highest BCUT2D eigenvalue weighted by molar-refractivity contribution is 6.09. The van der Waals surface area contributed by atoms with E-state index in [1.54, 1.807) is 31.4 Å². The number of benzene rings is 2. The van der Waals surface area contributed by atoms with Gasteiger partial charge in [-0.25, -0.2) is 0 Å². The number of rotatable bonds is 7. The molecule has 1 fully saturated rings. The molecule has 2 amide bonds. The molecule has 7 heteroatoms. The number of fused-ring (bicyclic) bond motifs is 1. The van der Waals surface area contributed by atoms with E-state index in [9.17, 15) is 9.59 Å². The van der Waals surface area contributed by atoms with E-state index in [-0.39, 0.29) is 17.6 Å². The summed E-state index contributed by atoms with van der Waals surface area (Å²) in [6.07, 6.45) is 6.38. The van der Waals surface area contributed by atoms with Crippen molar-refractivity contribution in [3.05, 3.63) is 59.4 Å². The number of methoxy groups -OCH3 is 1. The lowest BCUT2D eigenvalue weighted by Crippen LogP contribution is -2.39. The Bertz CT molecular complexity index is 1050. The minimum absolute atomic E-state index is 0.158. The van der Waals surface area contributed by atoms with Gasteiger partial charge in [0.2, 0.25) is 0 Å². The average Bonchev–Trinajstić information content (AvgIpc) is 2.83. The molecule has 4 rings (SSSR count). The number of nitrogens with one attached hydrogen (secondary N) is 2. The average molecular weight is 450 g/mol. The third kappa shape index (κ3) is 5.54. The second-order valence-electron chi connectivity index (χ2n) is 8.51. The summed E-state index contributed by atoms with van der Waals surface area (Å²) >= 11 is 0. The first-order chi connectivity index (χ1) is 16.0. The smallest absolute Gasteiger partial charge is 0.291 e. The van der Waals surface area contributed by atoms with E-state index in [0.717, 1.165) is 25.1 Å². The Morgan fingerprint density at radius 2 is 2.12 bits per heavy atom. The maximum Gasteiger partial charge on any atom is 0.291 e. The molecule has 2 heterocycles. The summed E-state index contributed by atoms with van der Waals surface area (Å²) in [6, 6.07) is 13.1. The van der Waals surface area contributed by atoms with Crippen LogP contribution in [0.25, 0.3) is 6.08 Å². The van der Waals surface area contributed by atoms with Crippen LogP contribution >= 0.6 is 0 Å². The number of hydrogen-bond acceptors (Lipinski definition) is 5. The zero-order valence-electron chi connectivity index (χ0n) is 19.2. The van der Waals surface area contributed by atoms with Gasteiger partial charge in [-0.05, 0) is 63.1 Å². The number of carbonyl (C=O) groups excluding carboxylic acids is 2. The molecule has 1 saturated heterocycles. The molecule has 7 nitrogen and oxygen atoms in total. The molecule has 2 aliphatic heterocycles. The van der Waals surface area contributed by atoms with E-state index in [1.165, 1.54) is 19.3 Å². The number of nitrogens with zero attached hydrogens (tertiary/aromatic N) is 1. The van der Waals surface area contributed by atoms with Crippen molar-refractivity contribution in [2.75, 3.05) is 32.1 Å². The van der Waals surface area contributed by atoms with Crippen LogP contribution in [-0.4, -0.2) is 49.5 Å². The topological polar surface area (TPSA) is 79.9 Å². The van der Waals surface area contributed by atoms with Gasteiger partial charge in [-0.15, -0.1) is 0 Å². The summed E-state index contributed by atoms with van der Waals surface area (Å²) in [5.74, 6) is 0.771. The van der Waals surface area contributed by atoms with Crippen molar-refractivity contribution in [1.82, 2.24) is 10.2 Å². The van der Waals surface area contributed by atoms with Crippen LogP contribution < -0.4 is 20.1 Å². The highest BCUT2D eigenvalue weighted by Crippen LogP contribution is 2.33. The Balaban J connectivity index is 1.36. The van der Waals surface area contributed by atoms with Crippen LogP contribution in [0, 0.1) is 0 Å². The lowest BCUT2D eigenvalue weighted by atomic mass is 10.0. The van der Waals surface area contributed by atoms with Gasteiger partial charge in [-0.2, -0.15) is 0 Å². The maximum absolute atomic E-state index is 12.6. The maximum atomic E-state index is 12.6. The summed E-state index contributed by atoms with van der Waals surface area (Å²) in [7, 11) is 1.58. The highest BCUT2D eigenvalue weighted by atomic mass is 16.5. The second-order valence-corrected chi connectivity index (χ2v) is 8.51. The van der Waals surface area contributed by atoms with Crippen molar-refractivity contribution in [3.63, 3.8) is 0 Å².